The van der Waals surface area contributed by atoms with Crippen molar-refractivity contribution in [2.45, 2.75) is 110 Å². The van der Waals surface area contributed by atoms with Crippen molar-refractivity contribution in [3.05, 3.63) is 0 Å². The van der Waals surface area contributed by atoms with Crippen LogP contribution in [0.3, 0.4) is 0 Å². The Balaban J connectivity index is 1.63. The quantitative estimate of drug-likeness (QED) is 0.198. The molecular weight excluding hydrogens is 324 g/mol. The molecule has 1 nitrogen and oxygen atoms in total. The highest BCUT2D eigenvalue weighted by atomic mass is 32.2. The first-order valence-corrected chi connectivity index (χ1v) is 12.1. The van der Waals surface area contributed by atoms with Crippen molar-refractivity contribution in [3.8, 4) is 11.8 Å². The Morgan fingerprint density at radius 1 is 0.800 bits per heavy atom. The summed E-state index contributed by atoms with van der Waals surface area (Å²) in [6.45, 7) is 5.15. The Kier molecular flexibility index (Phi) is 15.8. The smallest absolute Gasteiger partial charge is 0.0518 e. The zero-order valence-electron chi connectivity index (χ0n) is 17.0. The summed E-state index contributed by atoms with van der Waals surface area (Å²) in [6.07, 6.45) is 19.6. The first kappa shape index (κ1) is 22.9. The molecule has 1 rings (SSSR count). The van der Waals surface area contributed by atoms with Crippen molar-refractivity contribution in [2.24, 2.45) is 5.92 Å². The number of thioether (sulfide) groups is 1. The minimum atomic E-state index is 0.385. The van der Waals surface area contributed by atoms with Crippen molar-refractivity contribution in [1.82, 2.24) is 0 Å². The molecule has 1 aliphatic carbocycles. The van der Waals surface area contributed by atoms with E-state index in [1.54, 1.807) is 0 Å². The molecule has 0 aliphatic heterocycles. The fourth-order valence-corrected chi connectivity index (χ4v) is 3.79. The van der Waals surface area contributed by atoms with Crippen molar-refractivity contribution in [1.29, 1.82) is 0 Å². The molecule has 25 heavy (non-hydrogen) atoms. The molecule has 0 atom stereocenters. The molecule has 2 heteroatoms. The monoisotopic (exact) mass is 366 g/mol. The summed E-state index contributed by atoms with van der Waals surface area (Å²) in [4.78, 5) is 0. The van der Waals surface area contributed by atoms with Gasteiger partial charge in [0, 0.05) is 18.9 Å². The molecule has 0 amide bonds. The van der Waals surface area contributed by atoms with E-state index in [1.165, 1.54) is 95.0 Å². The minimum Gasteiger partial charge on any atom is -0.379 e. The third-order valence-electron chi connectivity index (χ3n) is 4.61. The number of unbranched alkanes of at least 4 members (excludes halogenated alkanes) is 10. The predicted octanol–water partition coefficient (Wildman–Crippen LogP) is 7.24. The largest absolute Gasteiger partial charge is 0.379 e. The van der Waals surface area contributed by atoms with Crippen LogP contribution in [0, 0.1) is 17.8 Å². The summed E-state index contributed by atoms with van der Waals surface area (Å²) in [5.74, 6) is 10.1. The van der Waals surface area contributed by atoms with Gasteiger partial charge in [-0.3, -0.25) is 0 Å². The van der Waals surface area contributed by atoms with Gasteiger partial charge in [0.1, 0.15) is 0 Å². The maximum atomic E-state index is 5.56. The Hall–Kier alpha value is -0.130. The average molecular weight is 367 g/mol. The van der Waals surface area contributed by atoms with E-state index in [9.17, 15) is 0 Å². The fraction of sp³-hybridized carbons (Fsp3) is 0.913. The van der Waals surface area contributed by atoms with E-state index < -0.39 is 0 Å². The van der Waals surface area contributed by atoms with Gasteiger partial charge in [0.25, 0.3) is 0 Å². The van der Waals surface area contributed by atoms with E-state index in [0.717, 1.165) is 18.9 Å². The lowest BCUT2D eigenvalue weighted by Crippen LogP contribution is -2.04. The molecule has 0 radical (unpaired) electrons. The molecule has 0 aromatic heterocycles. The van der Waals surface area contributed by atoms with E-state index >= 15 is 0 Å². The molecule has 0 saturated heterocycles. The van der Waals surface area contributed by atoms with Gasteiger partial charge in [-0.05, 0) is 57.5 Å². The highest BCUT2D eigenvalue weighted by molar-refractivity contribution is 7.99. The first-order chi connectivity index (χ1) is 12.3. The molecular formula is C23H42OS. The molecule has 0 aromatic carbocycles. The first-order valence-electron chi connectivity index (χ1n) is 11.0. The maximum Gasteiger partial charge on any atom is 0.0518 e. The third-order valence-corrected chi connectivity index (χ3v) is 5.76. The van der Waals surface area contributed by atoms with E-state index in [-0.39, 0.29) is 0 Å². The molecule has 0 N–H and O–H groups in total. The van der Waals surface area contributed by atoms with Gasteiger partial charge in [-0.15, -0.1) is 5.92 Å². The summed E-state index contributed by atoms with van der Waals surface area (Å²) in [5, 5.41) is 0. The summed E-state index contributed by atoms with van der Waals surface area (Å²) in [5.41, 5.74) is 0. The topological polar surface area (TPSA) is 9.23 Å². The summed E-state index contributed by atoms with van der Waals surface area (Å²) in [7, 11) is 0. The standard InChI is InChI=1S/C23H42OS/c1-22(2)24-19-15-21-25-20-14-12-10-8-6-4-3-5-7-9-11-13-16-23-17-18-23/h22-23H,3-12,14-15,17-21H2,1-2H3. The summed E-state index contributed by atoms with van der Waals surface area (Å²) < 4.78 is 5.56. The SMILES string of the molecule is CC(C)OCCCSCCCCCCCCCCCCC#CC1CC1. The van der Waals surface area contributed by atoms with Gasteiger partial charge in [-0.2, -0.15) is 11.8 Å². The maximum absolute atomic E-state index is 5.56. The molecule has 0 unspecified atom stereocenters. The number of ether oxygens (including phenoxy) is 1. The molecule has 0 bridgehead atoms. The van der Waals surface area contributed by atoms with Crippen LogP contribution < -0.4 is 0 Å². The molecule has 0 spiro atoms. The zero-order valence-corrected chi connectivity index (χ0v) is 17.8. The van der Waals surface area contributed by atoms with Gasteiger partial charge in [0.05, 0.1) is 6.10 Å². The van der Waals surface area contributed by atoms with E-state index in [1.807, 2.05) is 0 Å². The van der Waals surface area contributed by atoms with Crippen molar-refractivity contribution < 1.29 is 4.74 Å². The molecule has 0 aromatic rings. The average Bonchev–Trinajstić information content (AvgIpc) is 3.41. The highest BCUT2D eigenvalue weighted by Crippen LogP contribution is 2.27. The Labute approximate surface area is 162 Å². The van der Waals surface area contributed by atoms with Crippen molar-refractivity contribution in [3.63, 3.8) is 0 Å². The normalized spacial score (nSPS) is 13.9. The van der Waals surface area contributed by atoms with Gasteiger partial charge < -0.3 is 4.74 Å². The number of hydrogen-bond acceptors (Lipinski definition) is 2. The molecule has 1 saturated carbocycles. The fourth-order valence-electron chi connectivity index (χ4n) is 2.86. The predicted molar refractivity (Wildman–Crippen MR) is 114 cm³/mol. The van der Waals surface area contributed by atoms with E-state index in [0.29, 0.717) is 6.10 Å². The lowest BCUT2D eigenvalue weighted by molar-refractivity contribution is 0.0800. The van der Waals surface area contributed by atoms with E-state index in [4.69, 9.17) is 4.74 Å². The second kappa shape index (κ2) is 17.3. The second-order valence-corrected chi connectivity index (χ2v) is 8.99. The lowest BCUT2D eigenvalue weighted by Gasteiger charge is -2.06. The van der Waals surface area contributed by atoms with Crippen LogP contribution in [-0.4, -0.2) is 24.2 Å². The Morgan fingerprint density at radius 3 is 1.96 bits per heavy atom. The Bertz CT molecular complexity index is 338. The molecule has 146 valence electrons. The second-order valence-electron chi connectivity index (χ2n) is 7.77. The molecule has 1 aliphatic rings. The Morgan fingerprint density at radius 2 is 1.36 bits per heavy atom. The van der Waals surface area contributed by atoms with Crippen LogP contribution in [0.1, 0.15) is 104 Å². The number of hydrogen-bond donors (Lipinski definition) is 0. The lowest BCUT2D eigenvalue weighted by atomic mass is 10.1. The summed E-state index contributed by atoms with van der Waals surface area (Å²) in [6, 6.07) is 0. The van der Waals surface area contributed by atoms with Crippen LogP contribution in [0.25, 0.3) is 0 Å². The van der Waals surface area contributed by atoms with Gasteiger partial charge >= 0.3 is 0 Å². The van der Waals surface area contributed by atoms with Gasteiger partial charge in [0.15, 0.2) is 0 Å². The van der Waals surface area contributed by atoms with Gasteiger partial charge in [-0.25, -0.2) is 0 Å². The van der Waals surface area contributed by atoms with Crippen LogP contribution in [-0.2, 0) is 4.74 Å². The zero-order chi connectivity index (χ0) is 18.0. The molecule has 1 fully saturated rings. The van der Waals surface area contributed by atoms with Gasteiger partial charge in [0.2, 0.25) is 0 Å². The van der Waals surface area contributed by atoms with Crippen molar-refractivity contribution in [2.75, 3.05) is 18.1 Å². The van der Waals surface area contributed by atoms with Crippen molar-refractivity contribution >= 4 is 11.8 Å². The van der Waals surface area contributed by atoms with E-state index in [2.05, 4.69) is 37.5 Å². The van der Waals surface area contributed by atoms with Crippen LogP contribution in [0.15, 0.2) is 0 Å². The van der Waals surface area contributed by atoms with Gasteiger partial charge in [-0.1, -0.05) is 57.3 Å². The summed E-state index contributed by atoms with van der Waals surface area (Å²) >= 11 is 2.10. The van der Waals surface area contributed by atoms with Crippen LogP contribution in [0.5, 0.6) is 0 Å². The number of rotatable bonds is 17. The molecule has 0 heterocycles. The van der Waals surface area contributed by atoms with Crippen LogP contribution >= 0.6 is 11.8 Å². The third kappa shape index (κ3) is 18.5. The minimum absolute atomic E-state index is 0.385. The highest BCUT2D eigenvalue weighted by Gasteiger charge is 2.17. The van der Waals surface area contributed by atoms with Crippen LogP contribution in [0.2, 0.25) is 0 Å². The van der Waals surface area contributed by atoms with Crippen LogP contribution in [0.4, 0.5) is 0 Å².